The average Bonchev–Trinajstić information content (AvgIpc) is 3.49. The normalized spacial score (nSPS) is 36.0. The highest BCUT2D eigenvalue weighted by atomic mass is 16.6. The van der Waals surface area contributed by atoms with Crippen molar-refractivity contribution in [3.05, 3.63) is 41.6 Å². The van der Waals surface area contributed by atoms with Gasteiger partial charge in [0.25, 0.3) is 5.91 Å². The van der Waals surface area contributed by atoms with Crippen LogP contribution in [0.1, 0.15) is 64.4 Å². The van der Waals surface area contributed by atoms with Gasteiger partial charge in [0, 0.05) is 35.0 Å². The molecule has 6 N–H and O–H groups in total. The van der Waals surface area contributed by atoms with E-state index in [2.05, 4.69) is 35.2 Å². The monoisotopic (exact) mass is 603 g/mol. The number of amides is 1. The molecule has 3 saturated carbocycles. The Morgan fingerprint density at radius 2 is 2.05 bits per heavy atom. The molecule has 1 aromatic heterocycles. The Labute approximate surface area is 256 Å². The Hall–Kier alpha value is -3.81. The number of nitrogens with one attached hydrogen (secondary N) is 2. The molecule has 0 radical (unpaired) electrons. The number of aromatic hydroxyl groups is 1. The molecule has 0 aliphatic heterocycles. The summed E-state index contributed by atoms with van der Waals surface area (Å²) in [5, 5.41) is 49.7. The molecule has 8 unspecified atom stereocenters. The van der Waals surface area contributed by atoms with Gasteiger partial charge in [0.15, 0.2) is 6.61 Å². The minimum atomic E-state index is -1.18. The highest BCUT2D eigenvalue weighted by Gasteiger charge is 2.66. The van der Waals surface area contributed by atoms with Crippen LogP contribution in [-0.4, -0.2) is 67.4 Å². The Morgan fingerprint density at radius 3 is 2.80 bits per heavy atom. The number of aliphatic hydroxyl groups excluding tert-OH is 1. The number of carbonyl (C=O) groups excluding carboxylic acids is 1. The summed E-state index contributed by atoms with van der Waals surface area (Å²) in [6.07, 6.45) is 14.1. The number of aliphatic carboxylic acids is 1. The van der Waals surface area contributed by atoms with Crippen LogP contribution < -0.4 is 5.32 Å². The van der Waals surface area contributed by atoms with E-state index in [0.29, 0.717) is 30.3 Å². The summed E-state index contributed by atoms with van der Waals surface area (Å²) in [7, 11) is 0. The Balaban J connectivity index is 1.09. The number of hydrogen-bond donors (Lipinski definition) is 6. The van der Waals surface area contributed by atoms with Crippen LogP contribution in [0.4, 0.5) is 0 Å². The number of phenolic OH excluding ortho intramolecular Hbond substituents is 1. The van der Waals surface area contributed by atoms with Crippen molar-refractivity contribution in [3.8, 4) is 18.1 Å². The number of rotatable bonds is 7. The molecule has 10 heteroatoms. The molecule has 0 bridgehead atoms. The molecule has 3 fully saturated rings. The predicted molar refractivity (Wildman–Crippen MR) is 163 cm³/mol. The minimum Gasteiger partial charge on any atom is -0.508 e. The van der Waals surface area contributed by atoms with Crippen LogP contribution in [0.2, 0.25) is 0 Å². The molecule has 10 nitrogen and oxygen atoms in total. The van der Waals surface area contributed by atoms with Gasteiger partial charge in [0.1, 0.15) is 17.4 Å². The lowest BCUT2D eigenvalue weighted by atomic mass is 9.45. The second kappa shape index (κ2) is 11.0. The molecule has 4 aliphatic rings. The van der Waals surface area contributed by atoms with Gasteiger partial charge in [-0.25, -0.2) is 4.79 Å². The van der Waals surface area contributed by atoms with Crippen molar-refractivity contribution in [1.29, 1.82) is 0 Å². The third-order valence-corrected chi connectivity index (χ3v) is 11.5. The fourth-order valence-electron chi connectivity index (χ4n) is 9.19. The quantitative estimate of drug-likeness (QED) is 0.208. The van der Waals surface area contributed by atoms with Gasteiger partial charge in [-0.05, 0) is 91.9 Å². The number of phenols is 1. The number of nitrogens with zero attached hydrogens (tertiary/aromatic N) is 1. The van der Waals surface area contributed by atoms with Gasteiger partial charge in [0.05, 0.1) is 11.8 Å². The first-order valence-electron chi connectivity index (χ1n) is 15.5. The van der Waals surface area contributed by atoms with Crippen LogP contribution in [0, 0.1) is 40.9 Å². The number of aromatic amines is 1. The third kappa shape index (κ3) is 4.87. The van der Waals surface area contributed by atoms with Gasteiger partial charge < -0.3 is 35.6 Å². The molecule has 4 aliphatic carbocycles. The second-order valence-corrected chi connectivity index (χ2v) is 13.7. The summed E-state index contributed by atoms with van der Waals surface area (Å²) >= 11 is 0. The minimum absolute atomic E-state index is 0.0566. The highest BCUT2D eigenvalue weighted by molar-refractivity contribution is 5.96. The zero-order valence-corrected chi connectivity index (χ0v) is 25.2. The number of aromatic nitrogens is 1. The highest BCUT2D eigenvalue weighted by Crippen LogP contribution is 2.67. The summed E-state index contributed by atoms with van der Waals surface area (Å²) in [6, 6.07) is 3.61. The lowest BCUT2D eigenvalue weighted by Gasteiger charge is -2.60. The first kappa shape index (κ1) is 30.2. The zero-order chi connectivity index (χ0) is 31.4. The maximum Gasteiger partial charge on any atom is 0.326 e. The molecule has 2 aromatic rings. The Kier molecular flexibility index (Phi) is 7.53. The number of carboxylic acids is 1. The SMILES string of the molecule is C#CC1(O)CCC2C3CCC4=CC(=NOCC(=O)NC(Cc5c[nH]c6cc(O)ccc56)C(=O)O)CCC4(C)C3C(O)CC21C. The summed E-state index contributed by atoms with van der Waals surface area (Å²) in [6.45, 7) is 3.87. The number of benzene rings is 1. The van der Waals surface area contributed by atoms with E-state index in [1.54, 1.807) is 18.3 Å². The number of terminal acetylenes is 1. The summed E-state index contributed by atoms with van der Waals surface area (Å²) in [5.74, 6) is 1.63. The number of H-pyrrole nitrogens is 1. The van der Waals surface area contributed by atoms with Crippen molar-refractivity contribution in [2.75, 3.05) is 6.61 Å². The first-order chi connectivity index (χ1) is 20.9. The number of aliphatic hydroxyl groups is 2. The van der Waals surface area contributed by atoms with Crippen LogP contribution in [0.3, 0.4) is 0 Å². The van der Waals surface area contributed by atoms with Gasteiger partial charge >= 0.3 is 5.97 Å². The standard InChI is InChI=1S/C34H41N3O7/c1-4-34(43)12-10-25-24-7-5-20-14-21(9-11-32(20,2)30(24)28(39)16-33(25,34)3)37-44-18-29(40)36-27(31(41)42)13-19-17-35-26-15-22(38)6-8-23(19)26/h1,6,8,14-15,17,24-25,27-28,30,35,38-39,43H,5,7,9-13,16,18H2,2-3H3,(H,36,40)(H,41,42). The van der Waals surface area contributed by atoms with Crippen molar-refractivity contribution < 1.29 is 34.9 Å². The fraction of sp³-hybridized carbons (Fsp3) is 0.559. The number of oxime groups is 1. The van der Waals surface area contributed by atoms with Gasteiger partial charge in [-0.2, -0.15) is 0 Å². The largest absolute Gasteiger partial charge is 0.508 e. The van der Waals surface area contributed by atoms with Gasteiger partial charge in [-0.15, -0.1) is 6.42 Å². The van der Waals surface area contributed by atoms with E-state index >= 15 is 0 Å². The molecular weight excluding hydrogens is 562 g/mol. The average molecular weight is 604 g/mol. The topological polar surface area (TPSA) is 164 Å². The maximum absolute atomic E-state index is 12.6. The summed E-state index contributed by atoms with van der Waals surface area (Å²) in [5.41, 5.74) is 1.45. The van der Waals surface area contributed by atoms with Crippen molar-refractivity contribution >= 4 is 28.5 Å². The molecule has 8 atom stereocenters. The molecule has 44 heavy (non-hydrogen) atoms. The Bertz CT molecular complexity index is 1590. The number of carbonyl (C=O) groups is 2. The van der Waals surface area contributed by atoms with Gasteiger partial charge in [-0.1, -0.05) is 30.5 Å². The summed E-state index contributed by atoms with van der Waals surface area (Å²) < 4.78 is 0. The molecule has 1 heterocycles. The van der Waals surface area contributed by atoms with Gasteiger partial charge in [-0.3, -0.25) is 4.79 Å². The van der Waals surface area contributed by atoms with E-state index in [4.69, 9.17) is 11.3 Å². The number of allylic oxidation sites excluding steroid dienone is 2. The zero-order valence-electron chi connectivity index (χ0n) is 25.2. The van der Waals surface area contributed by atoms with E-state index < -0.39 is 41.6 Å². The van der Waals surface area contributed by atoms with E-state index in [0.717, 1.165) is 36.8 Å². The number of fused-ring (bicyclic) bond motifs is 6. The smallest absolute Gasteiger partial charge is 0.326 e. The lowest BCUT2D eigenvalue weighted by molar-refractivity contribution is -0.153. The van der Waals surface area contributed by atoms with E-state index in [-0.39, 0.29) is 35.3 Å². The molecule has 6 rings (SSSR count). The number of hydrogen-bond acceptors (Lipinski definition) is 7. The molecule has 1 amide bonds. The van der Waals surface area contributed by atoms with Crippen LogP contribution in [0.5, 0.6) is 5.75 Å². The predicted octanol–water partition coefficient (Wildman–Crippen LogP) is 3.66. The number of carboxylic acid groups (broad SMARTS) is 1. The maximum atomic E-state index is 12.6. The second-order valence-electron chi connectivity index (χ2n) is 13.7. The molecule has 0 spiro atoms. The van der Waals surface area contributed by atoms with E-state index in [9.17, 15) is 30.0 Å². The molecule has 0 saturated heterocycles. The van der Waals surface area contributed by atoms with Crippen molar-refractivity contribution in [2.45, 2.75) is 83.0 Å². The first-order valence-corrected chi connectivity index (χ1v) is 15.5. The third-order valence-electron chi connectivity index (χ3n) is 11.5. The summed E-state index contributed by atoms with van der Waals surface area (Å²) in [4.78, 5) is 32.9. The molecule has 234 valence electrons. The van der Waals surface area contributed by atoms with Crippen molar-refractivity contribution in [3.63, 3.8) is 0 Å². The molecule has 1 aromatic carbocycles. The van der Waals surface area contributed by atoms with Crippen LogP contribution in [0.15, 0.2) is 41.2 Å². The molecular formula is C34H41N3O7. The van der Waals surface area contributed by atoms with E-state index in [1.807, 2.05) is 6.08 Å². The van der Waals surface area contributed by atoms with Crippen LogP contribution in [-0.2, 0) is 20.8 Å². The lowest BCUT2D eigenvalue weighted by Crippen LogP contribution is -2.59. The Morgan fingerprint density at radius 1 is 1.25 bits per heavy atom. The van der Waals surface area contributed by atoms with Crippen molar-refractivity contribution in [1.82, 2.24) is 10.3 Å². The van der Waals surface area contributed by atoms with Crippen LogP contribution in [0.25, 0.3) is 10.9 Å². The van der Waals surface area contributed by atoms with Crippen LogP contribution >= 0.6 is 0 Å². The fourth-order valence-corrected chi connectivity index (χ4v) is 9.19. The van der Waals surface area contributed by atoms with Crippen molar-refractivity contribution in [2.24, 2.45) is 33.7 Å². The van der Waals surface area contributed by atoms with E-state index in [1.165, 1.54) is 11.6 Å². The van der Waals surface area contributed by atoms with Gasteiger partial charge in [0.2, 0.25) is 0 Å².